The number of benzene rings is 1. The van der Waals surface area contributed by atoms with Crippen LogP contribution in [0.3, 0.4) is 0 Å². The third kappa shape index (κ3) is 2.83. The maximum absolute atomic E-state index is 12.5. The topological polar surface area (TPSA) is 29.3 Å². The molecule has 2 nitrogen and oxygen atoms in total. The van der Waals surface area contributed by atoms with Crippen LogP contribution in [0.5, 0.6) is 0 Å². The van der Waals surface area contributed by atoms with Crippen LogP contribution in [0.15, 0.2) is 18.2 Å². The standard InChI is InChI=1S/C12H14ClF3N2/c13-9-1-2-11(10(17)7-9)18-5-3-8(4-6-18)12(14,15)16/h1-2,7-8H,3-6,17H2. The van der Waals surface area contributed by atoms with Gasteiger partial charge in [-0.3, -0.25) is 0 Å². The number of nitrogens with zero attached hydrogens (tertiary/aromatic N) is 1. The van der Waals surface area contributed by atoms with Crippen LogP contribution < -0.4 is 10.6 Å². The molecule has 6 heteroatoms. The number of rotatable bonds is 1. The fourth-order valence-corrected chi connectivity index (χ4v) is 2.44. The molecule has 1 aromatic rings. The lowest BCUT2D eigenvalue weighted by molar-refractivity contribution is -0.179. The van der Waals surface area contributed by atoms with Gasteiger partial charge in [0, 0.05) is 18.1 Å². The predicted molar refractivity (Wildman–Crippen MR) is 66.9 cm³/mol. The third-order valence-corrected chi connectivity index (χ3v) is 3.52. The second kappa shape index (κ2) is 4.88. The van der Waals surface area contributed by atoms with E-state index >= 15 is 0 Å². The minimum atomic E-state index is -4.09. The van der Waals surface area contributed by atoms with Crippen molar-refractivity contribution in [2.45, 2.75) is 19.0 Å². The van der Waals surface area contributed by atoms with E-state index in [4.69, 9.17) is 17.3 Å². The Bertz CT molecular complexity index is 426. The summed E-state index contributed by atoms with van der Waals surface area (Å²) in [5.74, 6) is -1.19. The van der Waals surface area contributed by atoms with Crippen molar-refractivity contribution in [2.24, 2.45) is 5.92 Å². The van der Waals surface area contributed by atoms with Crippen LogP contribution in [-0.2, 0) is 0 Å². The number of nitrogens with two attached hydrogens (primary N) is 1. The molecular weight excluding hydrogens is 265 g/mol. The number of hydrogen-bond donors (Lipinski definition) is 1. The quantitative estimate of drug-likeness (QED) is 0.794. The molecule has 100 valence electrons. The van der Waals surface area contributed by atoms with Gasteiger partial charge < -0.3 is 10.6 Å². The van der Waals surface area contributed by atoms with Gasteiger partial charge in [-0.2, -0.15) is 13.2 Å². The van der Waals surface area contributed by atoms with Crippen LogP contribution in [0.25, 0.3) is 0 Å². The molecule has 0 saturated carbocycles. The van der Waals surface area contributed by atoms with Crippen molar-refractivity contribution in [3.8, 4) is 0 Å². The Balaban J connectivity index is 2.06. The second-order valence-electron chi connectivity index (χ2n) is 4.51. The summed E-state index contributed by atoms with van der Waals surface area (Å²) >= 11 is 5.79. The van der Waals surface area contributed by atoms with Crippen molar-refractivity contribution < 1.29 is 13.2 Å². The second-order valence-corrected chi connectivity index (χ2v) is 4.94. The van der Waals surface area contributed by atoms with Gasteiger partial charge in [-0.05, 0) is 31.0 Å². The Morgan fingerprint density at radius 3 is 2.33 bits per heavy atom. The van der Waals surface area contributed by atoms with Gasteiger partial charge in [-0.25, -0.2) is 0 Å². The molecule has 2 rings (SSSR count). The van der Waals surface area contributed by atoms with Crippen LogP contribution in [0.4, 0.5) is 24.5 Å². The van der Waals surface area contributed by atoms with Gasteiger partial charge in [-0.15, -0.1) is 0 Å². The van der Waals surface area contributed by atoms with E-state index < -0.39 is 12.1 Å². The van der Waals surface area contributed by atoms with Crippen molar-refractivity contribution in [1.82, 2.24) is 0 Å². The highest BCUT2D eigenvalue weighted by Gasteiger charge is 2.41. The lowest BCUT2D eigenvalue weighted by Gasteiger charge is -2.35. The molecule has 1 aliphatic heterocycles. The number of alkyl halides is 3. The molecule has 0 atom stereocenters. The SMILES string of the molecule is Nc1cc(Cl)ccc1N1CCC(C(F)(F)F)CC1. The van der Waals surface area contributed by atoms with Crippen molar-refractivity contribution in [3.63, 3.8) is 0 Å². The maximum atomic E-state index is 12.5. The molecule has 1 aliphatic rings. The van der Waals surface area contributed by atoms with E-state index in [-0.39, 0.29) is 12.8 Å². The minimum absolute atomic E-state index is 0.117. The normalized spacial score (nSPS) is 18.1. The summed E-state index contributed by atoms with van der Waals surface area (Å²) in [5, 5.41) is 0.529. The fourth-order valence-electron chi connectivity index (χ4n) is 2.26. The van der Waals surface area contributed by atoms with Crippen molar-refractivity contribution in [1.29, 1.82) is 0 Å². The number of piperidine rings is 1. The number of anilines is 2. The Labute approximate surface area is 109 Å². The molecule has 1 fully saturated rings. The molecule has 0 radical (unpaired) electrons. The van der Waals surface area contributed by atoms with Crippen molar-refractivity contribution in [2.75, 3.05) is 23.7 Å². The highest BCUT2D eigenvalue weighted by atomic mass is 35.5. The van der Waals surface area contributed by atoms with Crippen LogP contribution in [0, 0.1) is 5.92 Å². The largest absolute Gasteiger partial charge is 0.397 e. The predicted octanol–water partition coefficient (Wildman–Crippen LogP) is 3.70. The zero-order valence-electron chi connectivity index (χ0n) is 9.67. The molecule has 0 aromatic heterocycles. The van der Waals surface area contributed by atoms with Crippen LogP contribution in [0.2, 0.25) is 5.02 Å². The number of halogens is 4. The van der Waals surface area contributed by atoms with E-state index in [0.29, 0.717) is 23.8 Å². The fraction of sp³-hybridized carbons (Fsp3) is 0.500. The molecule has 1 aromatic carbocycles. The van der Waals surface area contributed by atoms with Crippen LogP contribution in [-0.4, -0.2) is 19.3 Å². The minimum Gasteiger partial charge on any atom is -0.397 e. The molecule has 2 N–H and O–H groups in total. The number of nitrogen functional groups attached to an aromatic ring is 1. The summed E-state index contributed by atoms with van der Waals surface area (Å²) in [4.78, 5) is 1.88. The highest BCUT2D eigenvalue weighted by molar-refractivity contribution is 6.31. The van der Waals surface area contributed by atoms with Gasteiger partial charge in [0.15, 0.2) is 0 Å². The van der Waals surface area contributed by atoms with Gasteiger partial charge in [0.25, 0.3) is 0 Å². The van der Waals surface area contributed by atoms with E-state index in [1.807, 2.05) is 4.90 Å². The smallest absolute Gasteiger partial charge is 0.391 e. The van der Waals surface area contributed by atoms with E-state index in [1.54, 1.807) is 18.2 Å². The van der Waals surface area contributed by atoms with Crippen LogP contribution >= 0.6 is 11.6 Å². The van der Waals surface area contributed by atoms with Crippen molar-refractivity contribution in [3.05, 3.63) is 23.2 Å². The van der Waals surface area contributed by atoms with E-state index in [1.165, 1.54) is 0 Å². The van der Waals surface area contributed by atoms with Gasteiger partial charge >= 0.3 is 6.18 Å². The summed E-state index contributed by atoms with van der Waals surface area (Å²) < 4.78 is 37.6. The zero-order valence-corrected chi connectivity index (χ0v) is 10.4. The van der Waals surface area contributed by atoms with E-state index in [2.05, 4.69) is 0 Å². The summed E-state index contributed by atoms with van der Waals surface area (Å²) in [7, 11) is 0. The Morgan fingerprint density at radius 1 is 1.22 bits per heavy atom. The molecule has 1 saturated heterocycles. The van der Waals surface area contributed by atoms with Gasteiger partial charge in [0.05, 0.1) is 17.3 Å². The molecule has 18 heavy (non-hydrogen) atoms. The van der Waals surface area contributed by atoms with Crippen molar-refractivity contribution >= 4 is 23.0 Å². The summed E-state index contributed by atoms with van der Waals surface area (Å²) in [6.07, 6.45) is -3.85. The van der Waals surface area contributed by atoms with E-state index in [9.17, 15) is 13.2 Å². The molecular formula is C12H14ClF3N2. The lowest BCUT2D eigenvalue weighted by atomic mass is 9.96. The Hall–Kier alpha value is -1.10. The molecule has 1 heterocycles. The summed E-state index contributed by atoms with van der Waals surface area (Å²) in [6.45, 7) is 0.742. The first kappa shape index (κ1) is 13.3. The Morgan fingerprint density at radius 2 is 1.83 bits per heavy atom. The molecule has 0 amide bonds. The first-order chi connectivity index (χ1) is 8.38. The van der Waals surface area contributed by atoms with Crippen LogP contribution in [0.1, 0.15) is 12.8 Å². The first-order valence-electron chi connectivity index (χ1n) is 5.74. The van der Waals surface area contributed by atoms with Gasteiger partial charge in [-0.1, -0.05) is 11.6 Å². The van der Waals surface area contributed by atoms with Gasteiger partial charge in [0.1, 0.15) is 0 Å². The zero-order chi connectivity index (χ0) is 13.3. The lowest BCUT2D eigenvalue weighted by Crippen LogP contribution is -2.39. The first-order valence-corrected chi connectivity index (χ1v) is 6.12. The van der Waals surface area contributed by atoms with E-state index in [0.717, 1.165) is 5.69 Å². The molecule has 0 unspecified atom stereocenters. The number of hydrogen-bond acceptors (Lipinski definition) is 2. The molecule has 0 spiro atoms. The van der Waals surface area contributed by atoms with Gasteiger partial charge in [0.2, 0.25) is 0 Å². The highest BCUT2D eigenvalue weighted by Crippen LogP contribution is 2.36. The average Bonchev–Trinajstić information content (AvgIpc) is 2.28. The summed E-state index contributed by atoms with van der Waals surface area (Å²) in [5.41, 5.74) is 7.10. The molecule has 0 bridgehead atoms. The monoisotopic (exact) mass is 278 g/mol. The molecule has 0 aliphatic carbocycles. The maximum Gasteiger partial charge on any atom is 0.391 e. The Kier molecular flexibility index (Phi) is 3.61. The third-order valence-electron chi connectivity index (χ3n) is 3.29. The summed E-state index contributed by atoms with van der Waals surface area (Å²) in [6, 6.07) is 5.07. The average molecular weight is 279 g/mol.